The first-order valence-electron chi connectivity index (χ1n) is 25.9. The number of ether oxygens (including phenoxy) is 6. The maximum absolute atomic E-state index is 14.5. The zero-order chi connectivity index (χ0) is 53.4. The lowest BCUT2D eigenvalue weighted by molar-refractivity contribution is -0.265. The maximum atomic E-state index is 14.5. The number of rotatable bonds is 10. The number of hydrogen-bond acceptors (Lipinski definition) is 15. The van der Waals surface area contributed by atoms with Crippen molar-refractivity contribution in [2.75, 3.05) is 27.9 Å². The summed E-state index contributed by atoms with van der Waals surface area (Å²) in [5.74, 6) is -10.9. The predicted octanol–water partition coefficient (Wildman–Crippen LogP) is 6.60. The molecule has 4 rings (SSSR count). The largest absolute Gasteiger partial charge is 0.481 e. The van der Waals surface area contributed by atoms with Gasteiger partial charge in [-0.25, -0.2) is 4.79 Å². The molecular formula is C55H83NO16. The van der Waals surface area contributed by atoms with Gasteiger partial charge in [0.1, 0.15) is 17.9 Å². The van der Waals surface area contributed by atoms with Gasteiger partial charge in [0.05, 0.1) is 37.3 Å². The number of amides is 1. The van der Waals surface area contributed by atoms with Gasteiger partial charge in [0, 0.05) is 58.5 Å². The number of fused-ring (bicyclic) bond motifs is 3. The van der Waals surface area contributed by atoms with Crippen molar-refractivity contribution in [1.29, 1.82) is 0 Å². The molecule has 17 heteroatoms. The molecule has 15 atom stereocenters. The number of nitrogens with zero attached hydrogens (tertiary/aromatic N) is 1. The van der Waals surface area contributed by atoms with Crippen LogP contribution in [0.4, 0.5) is 0 Å². The Morgan fingerprint density at radius 2 is 1.57 bits per heavy atom. The maximum Gasteiger partial charge on any atom is 0.329 e. The Labute approximate surface area is 426 Å². The Balaban J connectivity index is 1.77. The Morgan fingerprint density at radius 1 is 0.847 bits per heavy atom. The average Bonchev–Trinajstić information content (AvgIpc) is 3.34. The number of allylic oxidation sites excluding steroid dienone is 6. The van der Waals surface area contributed by atoms with Crippen LogP contribution in [-0.4, -0.2) is 144 Å². The summed E-state index contributed by atoms with van der Waals surface area (Å²) in [5.41, 5.74) is 1.15. The number of Topliss-reactive ketones (excluding diaryl/α,β-unsaturated/α-hetero) is 3. The van der Waals surface area contributed by atoms with Gasteiger partial charge in [0.15, 0.2) is 18.0 Å². The monoisotopic (exact) mass is 1010 g/mol. The van der Waals surface area contributed by atoms with Crippen molar-refractivity contribution in [3.05, 3.63) is 47.6 Å². The second kappa shape index (κ2) is 28.3. The fourth-order valence-corrected chi connectivity index (χ4v) is 10.7. The van der Waals surface area contributed by atoms with Gasteiger partial charge in [-0.2, -0.15) is 0 Å². The van der Waals surface area contributed by atoms with Gasteiger partial charge in [-0.15, -0.1) is 0 Å². The van der Waals surface area contributed by atoms with Crippen molar-refractivity contribution >= 4 is 41.2 Å². The molecule has 2 bridgehead atoms. The number of aliphatic carboxylic acids is 1. The molecule has 3 N–H and O–H groups in total. The number of carboxylic acids is 1. The molecule has 3 aliphatic heterocycles. The number of cyclic esters (lactones) is 1. The normalized spacial score (nSPS) is 37.5. The molecule has 3 heterocycles. The van der Waals surface area contributed by atoms with Crippen LogP contribution in [0.2, 0.25) is 0 Å². The van der Waals surface area contributed by atoms with E-state index in [1.165, 1.54) is 7.11 Å². The summed E-state index contributed by atoms with van der Waals surface area (Å²) in [6.45, 7) is 12.4. The third-order valence-electron chi connectivity index (χ3n) is 15.3. The van der Waals surface area contributed by atoms with Crippen LogP contribution in [0, 0.1) is 35.5 Å². The summed E-state index contributed by atoms with van der Waals surface area (Å²) in [4.78, 5) is 97.4. The lowest BCUT2D eigenvalue weighted by atomic mass is 9.78. The van der Waals surface area contributed by atoms with Gasteiger partial charge in [-0.05, 0) is 107 Å². The number of aliphatic hydroxyl groups is 2. The summed E-state index contributed by atoms with van der Waals surface area (Å²) in [6.07, 6.45) is 8.95. The zero-order valence-electron chi connectivity index (χ0n) is 44.2. The van der Waals surface area contributed by atoms with Crippen LogP contribution in [0.3, 0.4) is 0 Å². The van der Waals surface area contributed by atoms with Crippen molar-refractivity contribution in [2.24, 2.45) is 35.5 Å². The predicted molar refractivity (Wildman–Crippen MR) is 266 cm³/mol. The highest BCUT2D eigenvalue weighted by Crippen LogP contribution is 2.38. The number of carboxylic acid groups (broad SMARTS) is 1. The summed E-state index contributed by atoms with van der Waals surface area (Å²) in [7, 11) is 4.42. The standard InChI is InChI=1S/C55H83NO16/c1-32-16-12-11-13-17-33(2)44(67-8)30-40-21-19-38(7)55(66,72-40)52(63)53(64)56-25-15-14-18-41(56)54(65)70-45(35(4)28-39-20-22-42(57)46(29-39)68-9)31-43(58)34(3)27-37(6)50(71-48(61)24-23-47(59)60)51(69-10)49(62)36(5)26-32/h11-13,16-17,27,32,34-36,38-42,44-46,50-51,57,66H,14-15,18-26,28-31H2,1-10H3,(H,59,60)/b13-11+,16-12+,33-17+,37-27+/t32-,34-,35-,36-,38-,39+,40+,41+,42-,44+,45+,46-,50-,51+,55-/m1/s1. The van der Waals surface area contributed by atoms with Crippen molar-refractivity contribution < 1.29 is 77.3 Å². The highest BCUT2D eigenvalue weighted by Gasteiger charge is 2.53. The van der Waals surface area contributed by atoms with Crippen molar-refractivity contribution in [2.45, 2.75) is 193 Å². The number of piperidine rings is 1. The van der Waals surface area contributed by atoms with Crippen LogP contribution >= 0.6 is 0 Å². The topological polar surface area (TPSA) is 239 Å². The molecule has 1 saturated carbocycles. The molecule has 1 aliphatic carbocycles. The fraction of sp³-hybridized carbons (Fsp3) is 0.727. The Morgan fingerprint density at radius 3 is 2.24 bits per heavy atom. The van der Waals surface area contributed by atoms with Crippen LogP contribution in [0.25, 0.3) is 0 Å². The number of carbonyl (C=O) groups is 7. The summed E-state index contributed by atoms with van der Waals surface area (Å²) >= 11 is 0. The highest BCUT2D eigenvalue weighted by atomic mass is 16.6. The molecule has 17 nitrogen and oxygen atoms in total. The molecule has 0 aromatic heterocycles. The number of esters is 2. The molecule has 0 aromatic carbocycles. The first-order chi connectivity index (χ1) is 34.0. The SMILES string of the molecule is CO[C@H]1C[C@@H]2CC[C@@H](C)[C@@](O)(O2)C(=O)C(=O)N2CCCC[C@H]2C(=O)O[C@H]([C@H](C)C[C@@H]2CC[C@@H](O)[C@H](OC)C2)CC(=O)[C@H](C)/C=C(\C)[C@@H](OC(=O)CCC(=O)O)[C@@H](OC)C(=O)[C@H](C)C[C@H](C)/C=C/C=C/C=C/1C. The molecule has 1 amide bonds. The van der Waals surface area contributed by atoms with Gasteiger partial charge in [-0.3, -0.25) is 28.8 Å². The minimum absolute atomic E-state index is 0.0461. The average molecular weight is 1010 g/mol. The minimum atomic E-state index is -2.47. The Kier molecular flexibility index (Phi) is 23.7. The second-order valence-electron chi connectivity index (χ2n) is 21.0. The summed E-state index contributed by atoms with van der Waals surface area (Å²) in [6, 6.07) is -1.20. The zero-order valence-corrected chi connectivity index (χ0v) is 44.2. The van der Waals surface area contributed by atoms with Crippen molar-refractivity contribution in [3.8, 4) is 0 Å². The van der Waals surface area contributed by atoms with E-state index in [1.807, 2.05) is 51.2 Å². The first kappa shape index (κ1) is 60.2. The minimum Gasteiger partial charge on any atom is -0.481 e. The van der Waals surface area contributed by atoms with Crippen LogP contribution in [0.15, 0.2) is 47.6 Å². The summed E-state index contributed by atoms with van der Waals surface area (Å²) in [5, 5.41) is 31.8. The van der Waals surface area contributed by atoms with Crippen LogP contribution in [0.1, 0.15) is 138 Å². The fourth-order valence-electron chi connectivity index (χ4n) is 10.7. The van der Waals surface area contributed by atoms with Gasteiger partial charge in [0.25, 0.3) is 11.7 Å². The quantitative estimate of drug-likeness (QED) is 0.119. The van der Waals surface area contributed by atoms with E-state index in [1.54, 1.807) is 48.0 Å². The van der Waals surface area contributed by atoms with E-state index in [-0.39, 0.29) is 55.3 Å². The number of ketones is 3. The molecular weight excluding hydrogens is 931 g/mol. The molecule has 72 heavy (non-hydrogen) atoms. The van der Waals surface area contributed by atoms with E-state index in [2.05, 4.69) is 0 Å². The molecule has 0 unspecified atom stereocenters. The Bertz CT molecular complexity index is 2010. The molecule has 3 fully saturated rings. The molecule has 404 valence electrons. The number of aliphatic hydroxyl groups excluding tert-OH is 1. The van der Waals surface area contributed by atoms with E-state index in [9.17, 15) is 48.9 Å². The van der Waals surface area contributed by atoms with E-state index in [0.717, 1.165) is 10.5 Å². The summed E-state index contributed by atoms with van der Waals surface area (Å²) < 4.78 is 35.4. The van der Waals surface area contributed by atoms with Gasteiger partial charge in [-0.1, -0.05) is 71.1 Å². The lowest BCUT2D eigenvalue weighted by Crippen LogP contribution is -2.61. The van der Waals surface area contributed by atoms with E-state index < -0.39 is 115 Å². The van der Waals surface area contributed by atoms with E-state index in [0.29, 0.717) is 63.4 Å². The molecule has 0 spiro atoms. The van der Waals surface area contributed by atoms with Crippen molar-refractivity contribution in [1.82, 2.24) is 4.90 Å². The third kappa shape index (κ3) is 16.6. The second-order valence-corrected chi connectivity index (χ2v) is 21.0. The smallest absolute Gasteiger partial charge is 0.329 e. The Hall–Kier alpha value is -4.39. The van der Waals surface area contributed by atoms with Crippen molar-refractivity contribution in [3.63, 3.8) is 0 Å². The number of carbonyl (C=O) groups excluding carboxylic acids is 6. The third-order valence-corrected chi connectivity index (χ3v) is 15.3. The molecule has 0 aromatic rings. The molecule has 4 aliphatic rings. The van der Waals surface area contributed by atoms with E-state index >= 15 is 0 Å². The molecule has 0 radical (unpaired) electrons. The number of methoxy groups -OCH3 is 3. The number of hydrogen-bond donors (Lipinski definition) is 3. The van der Waals surface area contributed by atoms with E-state index in [4.69, 9.17) is 28.4 Å². The lowest BCUT2D eigenvalue weighted by Gasteiger charge is -2.42. The van der Waals surface area contributed by atoms with Crippen LogP contribution in [-0.2, 0) is 62.0 Å². The van der Waals surface area contributed by atoms with Gasteiger partial charge in [0.2, 0.25) is 5.79 Å². The van der Waals surface area contributed by atoms with Gasteiger partial charge >= 0.3 is 17.9 Å². The molecule has 2 saturated heterocycles. The highest BCUT2D eigenvalue weighted by molar-refractivity contribution is 6.39. The van der Waals surface area contributed by atoms with Crippen LogP contribution in [0.5, 0.6) is 0 Å². The first-order valence-corrected chi connectivity index (χ1v) is 25.9. The van der Waals surface area contributed by atoms with Gasteiger partial charge < -0.3 is 48.6 Å². The van der Waals surface area contributed by atoms with Crippen LogP contribution < -0.4 is 0 Å².